The summed E-state index contributed by atoms with van der Waals surface area (Å²) in [7, 11) is 1.59. The maximum Gasteiger partial charge on any atom is 0.237 e. The first-order valence-corrected chi connectivity index (χ1v) is 8.11. The summed E-state index contributed by atoms with van der Waals surface area (Å²) in [6.45, 7) is 5.71. The third-order valence-electron chi connectivity index (χ3n) is 2.77. The second kappa shape index (κ2) is 6.91. The summed E-state index contributed by atoms with van der Waals surface area (Å²) >= 11 is 2.89. The maximum absolute atomic E-state index is 12.3. The Bertz CT molecular complexity index is 643. The summed E-state index contributed by atoms with van der Waals surface area (Å²) in [4.78, 5) is 12.3. The predicted octanol–water partition coefficient (Wildman–Crippen LogP) is 3.28. The number of ether oxygens (including phenoxy) is 1. The first-order valence-electron chi connectivity index (χ1n) is 6.42. The fourth-order valence-corrected chi connectivity index (χ4v) is 3.64. The molecule has 0 aliphatic carbocycles. The number of carbonyl (C=O) groups excluding carboxylic acids is 1. The first-order chi connectivity index (χ1) is 9.99. The average molecular weight is 323 g/mol. The second-order valence-corrected chi connectivity index (χ2v) is 7.31. The van der Waals surface area contributed by atoms with E-state index < -0.39 is 0 Å². The van der Waals surface area contributed by atoms with Crippen LogP contribution >= 0.6 is 23.1 Å². The van der Waals surface area contributed by atoms with Crippen LogP contribution in [0.3, 0.4) is 0 Å². The number of carbonyl (C=O) groups is 1. The number of aryl methyl sites for hydroxylation is 2. The quantitative estimate of drug-likeness (QED) is 0.856. The number of amides is 1. The molecule has 0 unspecified atom stereocenters. The van der Waals surface area contributed by atoms with Gasteiger partial charge in [-0.1, -0.05) is 29.2 Å². The zero-order chi connectivity index (χ0) is 15.4. The van der Waals surface area contributed by atoms with Gasteiger partial charge in [0.05, 0.1) is 18.0 Å². The van der Waals surface area contributed by atoms with Crippen molar-refractivity contribution >= 4 is 34.7 Å². The van der Waals surface area contributed by atoms with Gasteiger partial charge in [0.1, 0.15) is 10.8 Å². The highest BCUT2D eigenvalue weighted by atomic mass is 32.2. The minimum atomic E-state index is -0.262. The van der Waals surface area contributed by atoms with Crippen molar-refractivity contribution < 1.29 is 9.53 Å². The van der Waals surface area contributed by atoms with E-state index in [0.717, 1.165) is 14.9 Å². The Labute approximate surface area is 132 Å². The average Bonchev–Trinajstić information content (AvgIpc) is 2.84. The Morgan fingerprint density at radius 1 is 1.38 bits per heavy atom. The number of methoxy groups -OCH3 is 1. The summed E-state index contributed by atoms with van der Waals surface area (Å²) in [5, 5.41) is 11.5. The Morgan fingerprint density at radius 3 is 2.76 bits per heavy atom. The standard InChI is InChI=1S/C14H17N3O2S2/c1-8-5-6-12(19-4)11(7-8)15-13(18)9(2)20-14-17-16-10(3)21-14/h5-7,9H,1-4H3,(H,15,18)/t9-/m0/s1. The molecule has 1 N–H and O–H groups in total. The van der Waals surface area contributed by atoms with Crippen molar-refractivity contribution in [1.29, 1.82) is 0 Å². The molecule has 0 saturated heterocycles. The van der Waals surface area contributed by atoms with Crippen molar-refractivity contribution in [2.75, 3.05) is 12.4 Å². The van der Waals surface area contributed by atoms with Gasteiger partial charge in [0.2, 0.25) is 5.91 Å². The third kappa shape index (κ3) is 4.18. The van der Waals surface area contributed by atoms with Gasteiger partial charge in [-0.3, -0.25) is 4.79 Å². The van der Waals surface area contributed by atoms with Crippen molar-refractivity contribution in [2.45, 2.75) is 30.4 Å². The van der Waals surface area contributed by atoms with E-state index in [-0.39, 0.29) is 11.2 Å². The first kappa shape index (κ1) is 15.8. The second-order valence-electron chi connectivity index (χ2n) is 4.54. The van der Waals surface area contributed by atoms with Gasteiger partial charge in [-0.15, -0.1) is 10.2 Å². The third-order valence-corrected chi connectivity index (χ3v) is 4.79. The van der Waals surface area contributed by atoms with Gasteiger partial charge < -0.3 is 10.1 Å². The van der Waals surface area contributed by atoms with Crippen molar-refractivity contribution in [1.82, 2.24) is 10.2 Å². The number of benzene rings is 1. The molecule has 112 valence electrons. The zero-order valence-electron chi connectivity index (χ0n) is 12.3. The molecular weight excluding hydrogens is 306 g/mol. The molecule has 1 aromatic carbocycles. The Kier molecular flexibility index (Phi) is 5.19. The highest BCUT2D eigenvalue weighted by Gasteiger charge is 2.18. The van der Waals surface area contributed by atoms with Crippen LogP contribution in [0.25, 0.3) is 0 Å². The minimum Gasteiger partial charge on any atom is -0.495 e. The largest absolute Gasteiger partial charge is 0.495 e. The van der Waals surface area contributed by atoms with Gasteiger partial charge in [-0.2, -0.15) is 0 Å². The summed E-state index contributed by atoms with van der Waals surface area (Å²) in [5.41, 5.74) is 1.74. The lowest BCUT2D eigenvalue weighted by Gasteiger charge is -2.13. The molecule has 21 heavy (non-hydrogen) atoms. The minimum absolute atomic E-state index is 0.0863. The van der Waals surface area contributed by atoms with Crippen LogP contribution < -0.4 is 10.1 Å². The summed E-state index contributed by atoms with van der Waals surface area (Å²) < 4.78 is 6.06. The van der Waals surface area contributed by atoms with Gasteiger partial charge in [0, 0.05) is 0 Å². The molecule has 0 saturated carbocycles. The molecule has 0 bridgehead atoms. The van der Waals surface area contributed by atoms with E-state index in [1.807, 2.05) is 39.0 Å². The van der Waals surface area contributed by atoms with Gasteiger partial charge >= 0.3 is 0 Å². The number of aromatic nitrogens is 2. The van der Waals surface area contributed by atoms with Crippen molar-refractivity contribution in [3.63, 3.8) is 0 Å². The molecule has 1 atom stereocenters. The number of thioether (sulfide) groups is 1. The van der Waals surface area contributed by atoms with Gasteiger partial charge in [-0.25, -0.2) is 0 Å². The van der Waals surface area contributed by atoms with Gasteiger partial charge in [0.25, 0.3) is 0 Å². The van der Waals surface area contributed by atoms with Crippen molar-refractivity contribution in [3.8, 4) is 5.75 Å². The molecule has 0 aliphatic heterocycles. The molecular formula is C14H17N3O2S2. The SMILES string of the molecule is COc1ccc(C)cc1NC(=O)[C@H](C)Sc1nnc(C)s1. The molecule has 2 rings (SSSR count). The van der Waals surface area contributed by atoms with Crippen LogP contribution in [0.15, 0.2) is 22.5 Å². The summed E-state index contributed by atoms with van der Waals surface area (Å²) in [6, 6.07) is 5.68. The van der Waals surface area contributed by atoms with E-state index in [0.29, 0.717) is 11.4 Å². The van der Waals surface area contributed by atoms with E-state index in [1.54, 1.807) is 7.11 Å². The van der Waals surface area contributed by atoms with Crippen LogP contribution in [0, 0.1) is 13.8 Å². The lowest BCUT2D eigenvalue weighted by molar-refractivity contribution is -0.115. The van der Waals surface area contributed by atoms with Crippen molar-refractivity contribution in [2.24, 2.45) is 0 Å². The molecule has 1 heterocycles. The molecule has 0 fully saturated rings. The van der Waals surface area contributed by atoms with E-state index >= 15 is 0 Å². The van der Waals surface area contributed by atoms with Crippen LogP contribution in [0.4, 0.5) is 5.69 Å². The molecule has 7 heteroatoms. The smallest absolute Gasteiger partial charge is 0.237 e. The van der Waals surface area contributed by atoms with E-state index in [1.165, 1.54) is 23.1 Å². The normalized spacial score (nSPS) is 12.0. The van der Waals surface area contributed by atoms with Gasteiger partial charge in [0.15, 0.2) is 4.34 Å². The maximum atomic E-state index is 12.3. The predicted molar refractivity (Wildman–Crippen MR) is 86.3 cm³/mol. The number of nitrogens with one attached hydrogen (secondary N) is 1. The van der Waals surface area contributed by atoms with Crippen molar-refractivity contribution in [3.05, 3.63) is 28.8 Å². The topological polar surface area (TPSA) is 64.1 Å². The van der Waals surface area contributed by atoms with Crippen LogP contribution in [0.2, 0.25) is 0 Å². The van der Waals surface area contributed by atoms with E-state index in [4.69, 9.17) is 4.74 Å². The fourth-order valence-electron chi connectivity index (χ4n) is 1.68. The number of hydrogen-bond acceptors (Lipinski definition) is 6. The number of nitrogens with zero attached hydrogens (tertiary/aromatic N) is 2. The Hall–Kier alpha value is -1.60. The highest BCUT2D eigenvalue weighted by molar-refractivity contribution is 8.02. The molecule has 0 spiro atoms. The van der Waals surface area contributed by atoms with E-state index in [9.17, 15) is 4.79 Å². The summed E-state index contributed by atoms with van der Waals surface area (Å²) in [5.74, 6) is 0.565. The van der Waals surface area contributed by atoms with E-state index in [2.05, 4.69) is 15.5 Å². The van der Waals surface area contributed by atoms with Crippen LogP contribution in [-0.2, 0) is 4.79 Å². The summed E-state index contributed by atoms with van der Waals surface area (Å²) in [6.07, 6.45) is 0. The monoisotopic (exact) mass is 323 g/mol. The van der Waals surface area contributed by atoms with Crippen LogP contribution in [0.5, 0.6) is 5.75 Å². The van der Waals surface area contributed by atoms with Gasteiger partial charge in [-0.05, 0) is 38.5 Å². The molecule has 0 radical (unpaired) electrons. The van der Waals surface area contributed by atoms with Crippen LogP contribution in [0.1, 0.15) is 17.5 Å². The number of rotatable bonds is 5. The Morgan fingerprint density at radius 2 is 2.14 bits per heavy atom. The number of hydrogen-bond donors (Lipinski definition) is 1. The fraction of sp³-hybridized carbons (Fsp3) is 0.357. The molecule has 1 aromatic heterocycles. The molecule has 1 amide bonds. The molecule has 0 aliphatic rings. The van der Waals surface area contributed by atoms with Crippen LogP contribution in [-0.4, -0.2) is 28.5 Å². The highest BCUT2D eigenvalue weighted by Crippen LogP contribution is 2.29. The lowest BCUT2D eigenvalue weighted by atomic mass is 10.2. The lowest BCUT2D eigenvalue weighted by Crippen LogP contribution is -2.22. The molecule has 2 aromatic rings. The number of anilines is 1. The molecule has 5 nitrogen and oxygen atoms in total. The Balaban J connectivity index is 2.05. The zero-order valence-corrected chi connectivity index (χ0v) is 14.0.